The Morgan fingerprint density at radius 2 is 2.19 bits per heavy atom. The molecule has 0 aliphatic carbocycles. The third kappa shape index (κ3) is 3.99. The first-order valence-electron chi connectivity index (χ1n) is 5.33. The number of benzene rings is 1. The lowest BCUT2D eigenvalue weighted by molar-refractivity contribution is 0.321. The molecule has 0 atom stereocenters. The van der Waals surface area contributed by atoms with Crippen LogP contribution in [0.3, 0.4) is 0 Å². The number of alkyl halides is 1. The maximum absolute atomic E-state index is 13.5. The van der Waals surface area contributed by atoms with Crippen LogP contribution in [0.15, 0.2) is 18.2 Å². The van der Waals surface area contributed by atoms with Gasteiger partial charge >= 0.3 is 0 Å². The van der Waals surface area contributed by atoms with Crippen LogP contribution in [0.25, 0.3) is 0 Å². The number of nitrogens with zero attached hydrogens (tertiary/aromatic N) is 1. The summed E-state index contributed by atoms with van der Waals surface area (Å²) in [5.74, 6) is 0.0184. The van der Waals surface area contributed by atoms with Crippen molar-refractivity contribution >= 4 is 11.6 Å². The predicted octanol–water partition coefficient (Wildman–Crippen LogP) is 2.90. The molecule has 4 heteroatoms. The quantitative estimate of drug-likeness (QED) is 0.565. The Morgan fingerprint density at radius 1 is 1.44 bits per heavy atom. The van der Waals surface area contributed by atoms with Gasteiger partial charge in [0.1, 0.15) is 0 Å². The van der Waals surface area contributed by atoms with E-state index in [0.717, 1.165) is 18.5 Å². The van der Waals surface area contributed by atoms with E-state index >= 15 is 0 Å². The van der Waals surface area contributed by atoms with Gasteiger partial charge in [0.15, 0.2) is 11.6 Å². The molecule has 0 saturated heterocycles. The topological polar surface area (TPSA) is 12.5 Å². The lowest BCUT2D eigenvalue weighted by atomic mass is 10.1. The van der Waals surface area contributed by atoms with Gasteiger partial charge in [-0.25, -0.2) is 4.39 Å². The third-order valence-electron chi connectivity index (χ3n) is 2.28. The van der Waals surface area contributed by atoms with Gasteiger partial charge < -0.3 is 4.74 Å². The second-order valence-corrected chi connectivity index (χ2v) is 3.89. The summed E-state index contributed by atoms with van der Waals surface area (Å²) in [5.41, 5.74) is 0.956. The highest BCUT2D eigenvalue weighted by atomic mass is 35.5. The Labute approximate surface area is 101 Å². The fourth-order valence-electron chi connectivity index (χ4n) is 1.35. The molecule has 1 aromatic carbocycles. The Hall–Kier alpha value is -0.800. The summed E-state index contributed by atoms with van der Waals surface area (Å²) >= 11 is 5.65. The highest BCUT2D eigenvalue weighted by Gasteiger charge is 2.04. The van der Waals surface area contributed by atoms with Gasteiger partial charge in [0.25, 0.3) is 0 Å². The lowest BCUT2D eigenvalue weighted by Crippen LogP contribution is -2.19. The molecule has 16 heavy (non-hydrogen) atoms. The van der Waals surface area contributed by atoms with Crippen molar-refractivity contribution in [3.8, 4) is 5.75 Å². The molecule has 1 rings (SSSR count). The van der Waals surface area contributed by atoms with Crippen molar-refractivity contribution in [3.63, 3.8) is 0 Å². The Balaban J connectivity index is 2.59. The first-order chi connectivity index (χ1) is 7.67. The minimum Gasteiger partial charge on any atom is -0.491 e. The van der Waals surface area contributed by atoms with Gasteiger partial charge in [0.2, 0.25) is 0 Å². The van der Waals surface area contributed by atoms with E-state index in [9.17, 15) is 4.39 Å². The molecule has 0 heterocycles. The van der Waals surface area contributed by atoms with Crippen LogP contribution in [0.4, 0.5) is 4.39 Å². The maximum atomic E-state index is 13.5. The molecule has 0 aromatic heterocycles. The molecular weight excluding hydrogens is 229 g/mol. The van der Waals surface area contributed by atoms with E-state index in [2.05, 4.69) is 0 Å². The smallest absolute Gasteiger partial charge is 0.165 e. The fraction of sp³-hybridized carbons (Fsp3) is 0.500. The van der Waals surface area contributed by atoms with Crippen molar-refractivity contribution in [1.29, 1.82) is 0 Å². The van der Waals surface area contributed by atoms with Gasteiger partial charge in [-0.1, -0.05) is 6.07 Å². The average Bonchev–Trinajstić information content (AvgIpc) is 2.29. The number of likely N-dealkylation sites (N-methyl/N-ethyl adjacent to an activating group) is 1. The van der Waals surface area contributed by atoms with Gasteiger partial charge in [-0.3, -0.25) is 4.90 Å². The number of hydrogen-bond donors (Lipinski definition) is 0. The maximum Gasteiger partial charge on any atom is 0.165 e. The van der Waals surface area contributed by atoms with Crippen LogP contribution >= 0.6 is 11.6 Å². The molecule has 0 fully saturated rings. The molecule has 0 spiro atoms. The predicted molar refractivity (Wildman–Crippen MR) is 64.6 cm³/mol. The Bertz CT molecular complexity index is 333. The van der Waals surface area contributed by atoms with Crippen molar-refractivity contribution in [2.45, 2.75) is 13.3 Å². The number of rotatable bonds is 6. The standard InChI is InChI=1S/C12H17ClFNO/c1-3-16-12-5-4-10(8-11(12)14)6-7-15(2)9-13/h4-5,8H,3,6-7,9H2,1-2H3. The normalized spacial score (nSPS) is 10.8. The molecule has 2 nitrogen and oxygen atoms in total. The molecule has 0 bridgehead atoms. The summed E-state index contributed by atoms with van der Waals surface area (Å²) in [4.78, 5) is 1.97. The van der Waals surface area contributed by atoms with Crippen LogP contribution < -0.4 is 4.74 Å². The van der Waals surface area contributed by atoms with E-state index in [4.69, 9.17) is 16.3 Å². The van der Waals surface area contributed by atoms with Gasteiger partial charge in [-0.05, 0) is 38.1 Å². The van der Waals surface area contributed by atoms with Crippen LogP contribution in [-0.4, -0.2) is 31.1 Å². The summed E-state index contributed by atoms with van der Waals surface area (Å²) in [6.07, 6.45) is 0.784. The highest BCUT2D eigenvalue weighted by Crippen LogP contribution is 2.18. The molecule has 0 radical (unpaired) electrons. The summed E-state index contributed by atoms with van der Waals surface area (Å²) in [6, 6.07) is 5.57. The third-order valence-corrected chi connectivity index (χ3v) is 2.69. The molecule has 0 amide bonds. The average molecular weight is 246 g/mol. The zero-order valence-electron chi connectivity index (χ0n) is 9.67. The summed E-state index contributed by atoms with van der Waals surface area (Å²) in [7, 11) is 1.93. The number of hydrogen-bond acceptors (Lipinski definition) is 2. The van der Waals surface area contributed by atoms with Crippen molar-refractivity contribution < 1.29 is 9.13 Å². The van der Waals surface area contributed by atoms with E-state index < -0.39 is 0 Å². The van der Waals surface area contributed by atoms with E-state index in [-0.39, 0.29) is 5.82 Å². The first-order valence-corrected chi connectivity index (χ1v) is 5.86. The van der Waals surface area contributed by atoms with Gasteiger partial charge in [-0.15, -0.1) is 11.6 Å². The SMILES string of the molecule is CCOc1ccc(CCN(C)CCl)cc1F. The molecule has 0 aliphatic rings. The van der Waals surface area contributed by atoms with Crippen LogP contribution in [0.5, 0.6) is 5.75 Å². The molecule has 1 aromatic rings. The Kier molecular flexibility index (Phi) is 5.56. The number of halogens is 2. The minimum atomic E-state index is -0.298. The van der Waals surface area contributed by atoms with E-state index in [1.54, 1.807) is 6.07 Å². The second-order valence-electron chi connectivity index (χ2n) is 3.65. The summed E-state index contributed by atoms with van der Waals surface area (Å²) in [6.45, 7) is 3.13. The van der Waals surface area contributed by atoms with Gasteiger partial charge in [0, 0.05) is 6.54 Å². The fourth-order valence-corrected chi connectivity index (χ4v) is 1.47. The van der Waals surface area contributed by atoms with Crippen molar-refractivity contribution in [3.05, 3.63) is 29.6 Å². The van der Waals surface area contributed by atoms with E-state index in [0.29, 0.717) is 18.4 Å². The minimum absolute atomic E-state index is 0.298. The van der Waals surface area contributed by atoms with Crippen LogP contribution in [-0.2, 0) is 6.42 Å². The molecule has 0 N–H and O–H groups in total. The van der Waals surface area contributed by atoms with Crippen molar-refractivity contribution in [2.75, 3.05) is 26.2 Å². The largest absolute Gasteiger partial charge is 0.491 e. The van der Waals surface area contributed by atoms with E-state index in [1.165, 1.54) is 6.07 Å². The van der Waals surface area contributed by atoms with Crippen molar-refractivity contribution in [1.82, 2.24) is 4.90 Å². The monoisotopic (exact) mass is 245 g/mol. The van der Waals surface area contributed by atoms with Crippen LogP contribution in [0.1, 0.15) is 12.5 Å². The number of ether oxygens (including phenoxy) is 1. The molecule has 0 aliphatic heterocycles. The van der Waals surface area contributed by atoms with Crippen molar-refractivity contribution in [2.24, 2.45) is 0 Å². The van der Waals surface area contributed by atoms with Gasteiger partial charge in [-0.2, -0.15) is 0 Å². The van der Waals surface area contributed by atoms with Gasteiger partial charge in [0.05, 0.1) is 12.6 Å². The summed E-state index contributed by atoms with van der Waals surface area (Å²) in [5, 5.41) is 0. The molecule has 0 saturated carbocycles. The lowest BCUT2D eigenvalue weighted by Gasteiger charge is -2.12. The van der Waals surface area contributed by atoms with E-state index in [1.807, 2.05) is 24.9 Å². The molecule has 0 unspecified atom stereocenters. The molecular formula is C12H17ClFNO. The van der Waals surface area contributed by atoms with Crippen LogP contribution in [0, 0.1) is 5.82 Å². The van der Waals surface area contributed by atoms with Crippen LogP contribution in [0.2, 0.25) is 0 Å². The summed E-state index contributed by atoms with van der Waals surface area (Å²) < 4.78 is 18.6. The first kappa shape index (κ1) is 13.3. The molecule has 90 valence electrons. The second kappa shape index (κ2) is 6.71. The highest BCUT2D eigenvalue weighted by molar-refractivity contribution is 6.17. The zero-order chi connectivity index (χ0) is 12.0. The Morgan fingerprint density at radius 3 is 2.75 bits per heavy atom. The zero-order valence-corrected chi connectivity index (χ0v) is 10.4.